The molecule has 1 aliphatic carbocycles. The smallest absolute Gasteiger partial charge is 0.0143 e. The molecule has 1 aliphatic rings. The van der Waals surface area contributed by atoms with Crippen LogP contribution in [0.3, 0.4) is 0 Å². The third kappa shape index (κ3) is 5.20. The van der Waals surface area contributed by atoms with Crippen LogP contribution >= 0.6 is 45.2 Å². The van der Waals surface area contributed by atoms with Gasteiger partial charge in [-0.15, -0.1) is 0 Å². The van der Waals surface area contributed by atoms with Crippen molar-refractivity contribution in [3.05, 3.63) is 66.3 Å². The van der Waals surface area contributed by atoms with Crippen LogP contribution in [0.25, 0.3) is 0 Å². The molecule has 2 aromatic carbocycles. The zero-order valence-corrected chi connectivity index (χ0v) is 18.7. The predicted molar refractivity (Wildman–Crippen MR) is 121 cm³/mol. The van der Waals surface area contributed by atoms with Crippen LogP contribution in [-0.2, 0) is 6.42 Å². The monoisotopic (exact) mass is 544 g/mol. The van der Waals surface area contributed by atoms with Gasteiger partial charge < -0.3 is 0 Å². The molecule has 1 fully saturated rings. The van der Waals surface area contributed by atoms with Gasteiger partial charge in [-0.1, -0.05) is 44.0 Å². The van der Waals surface area contributed by atoms with Crippen molar-refractivity contribution in [3.8, 4) is 0 Å². The summed E-state index contributed by atoms with van der Waals surface area (Å²) in [6.45, 7) is 2.32. The second-order valence-corrected chi connectivity index (χ2v) is 9.69. The summed E-state index contributed by atoms with van der Waals surface area (Å²) in [5, 5.41) is 0. The van der Waals surface area contributed by atoms with Crippen LogP contribution < -0.4 is 0 Å². The van der Waals surface area contributed by atoms with Crippen molar-refractivity contribution in [2.24, 2.45) is 5.92 Å². The summed E-state index contributed by atoms with van der Waals surface area (Å²) < 4.78 is 2.66. The Balaban J connectivity index is 1.61. The molecule has 0 spiro atoms. The zero-order chi connectivity index (χ0) is 16.9. The van der Waals surface area contributed by atoms with Crippen molar-refractivity contribution < 1.29 is 0 Å². The lowest BCUT2D eigenvalue weighted by molar-refractivity contribution is 0.308. The molecule has 0 nitrogen and oxygen atoms in total. The fourth-order valence-corrected chi connectivity index (χ4v) is 6.12. The highest BCUT2D eigenvalue weighted by atomic mass is 127. The molecule has 0 bridgehead atoms. The zero-order valence-electron chi connectivity index (χ0n) is 14.4. The first kappa shape index (κ1) is 18.7. The van der Waals surface area contributed by atoms with Gasteiger partial charge in [0, 0.05) is 7.14 Å². The quantitative estimate of drug-likeness (QED) is 0.341. The maximum Gasteiger partial charge on any atom is 0.0143 e. The molecule has 3 rings (SSSR count). The summed E-state index contributed by atoms with van der Waals surface area (Å²) in [7, 11) is 0. The molecule has 128 valence electrons. The molecule has 0 heterocycles. The number of benzene rings is 2. The van der Waals surface area contributed by atoms with Crippen molar-refractivity contribution in [1.29, 1.82) is 0 Å². The van der Waals surface area contributed by atoms with Crippen LogP contribution in [-0.4, -0.2) is 0 Å². The van der Waals surface area contributed by atoms with Gasteiger partial charge in [0.15, 0.2) is 0 Å². The van der Waals surface area contributed by atoms with E-state index in [1.165, 1.54) is 56.8 Å². The highest BCUT2D eigenvalue weighted by molar-refractivity contribution is 14.1. The van der Waals surface area contributed by atoms with Gasteiger partial charge in [0.05, 0.1) is 0 Å². The number of halogens is 2. The summed E-state index contributed by atoms with van der Waals surface area (Å²) in [6, 6.07) is 16.3. The molecule has 0 atom stereocenters. The molecule has 0 saturated heterocycles. The SMILES string of the molecule is CCCC1CCC(c2ccc(Cc3cc(I)cc(I)c3)cc2)CC1. The molecule has 0 aromatic heterocycles. The highest BCUT2D eigenvalue weighted by Crippen LogP contribution is 2.37. The topological polar surface area (TPSA) is 0 Å². The van der Waals surface area contributed by atoms with Crippen molar-refractivity contribution in [2.75, 3.05) is 0 Å². The minimum absolute atomic E-state index is 0.797. The average Bonchev–Trinajstić information content (AvgIpc) is 2.56. The number of rotatable bonds is 5. The van der Waals surface area contributed by atoms with E-state index in [1.54, 1.807) is 5.56 Å². The maximum absolute atomic E-state index is 2.41. The molecule has 2 heteroatoms. The molecule has 24 heavy (non-hydrogen) atoms. The third-order valence-electron chi connectivity index (χ3n) is 5.33. The highest BCUT2D eigenvalue weighted by Gasteiger charge is 2.21. The van der Waals surface area contributed by atoms with Gasteiger partial charge in [-0.25, -0.2) is 0 Å². The second-order valence-electron chi connectivity index (χ2n) is 7.20. The van der Waals surface area contributed by atoms with Crippen molar-refractivity contribution in [1.82, 2.24) is 0 Å². The molecule has 0 unspecified atom stereocenters. The van der Waals surface area contributed by atoms with E-state index in [2.05, 4.69) is 94.6 Å². The van der Waals surface area contributed by atoms with Gasteiger partial charge in [0.25, 0.3) is 0 Å². The maximum atomic E-state index is 2.41. The third-order valence-corrected chi connectivity index (χ3v) is 6.57. The Bertz CT molecular complexity index is 632. The lowest BCUT2D eigenvalue weighted by atomic mass is 9.77. The predicted octanol–water partition coefficient (Wildman–Crippen LogP) is 7.56. The minimum Gasteiger partial charge on any atom is -0.0654 e. The van der Waals surface area contributed by atoms with Crippen LogP contribution in [0.2, 0.25) is 0 Å². The van der Waals surface area contributed by atoms with Gasteiger partial charge in [-0.05, 0) is 124 Å². The second kappa shape index (κ2) is 9.02. The largest absolute Gasteiger partial charge is 0.0654 e. The first-order chi connectivity index (χ1) is 11.6. The summed E-state index contributed by atoms with van der Waals surface area (Å²) >= 11 is 4.82. The van der Waals surface area contributed by atoms with Crippen molar-refractivity contribution >= 4 is 45.2 Å². The van der Waals surface area contributed by atoms with Crippen LogP contribution in [0.5, 0.6) is 0 Å². The van der Waals surface area contributed by atoms with E-state index in [0.717, 1.165) is 18.3 Å². The van der Waals surface area contributed by atoms with Crippen LogP contribution in [0.4, 0.5) is 0 Å². The van der Waals surface area contributed by atoms with Crippen LogP contribution in [0, 0.1) is 13.1 Å². The van der Waals surface area contributed by atoms with E-state index in [-0.39, 0.29) is 0 Å². The van der Waals surface area contributed by atoms with Crippen molar-refractivity contribution in [2.45, 2.75) is 57.8 Å². The fraction of sp³-hybridized carbons (Fsp3) is 0.455. The first-order valence-electron chi connectivity index (χ1n) is 9.18. The van der Waals surface area contributed by atoms with E-state index in [4.69, 9.17) is 0 Å². The Kier molecular flexibility index (Phi) is 7.02. The molecule has 2 aromatic rings. The average molecular weight is 544 g/mol. The standard InChI is InChI=1S/C22H26I2/c1-2-3-16-4-8-19(9-5-16)20-10-6-17(7-11-20)12-18-13-21(23)15-22(24)14-18/h6-7,10-11,13-16,19H,2-5,8-9,12H2,1H3. The Morgan fingerprint density at radius 1 is 0.833 bits per heavy atom. The van der Waals surface area contributed by atoms with Gasteiger partial charge in [0.1, 0.15) is 0 Å². The first-order valence-corrected chi connectivity index (χ1v) is 11.3. The van der Waals surface area contributed by atoms with Gasteiger partial charge in [-0.3, -0.25) is 0 Å². The lowest BCUT2D eigenvalue weighted by Gasteiger charge is -2.28. The Hall–Kier alpha value is -0.100. The molecule has 0 radical (unpaired) electrons. The number of hydrogen-bond acceptors (Lipinski definition) is 0. The summed E-state index contributed by atoms with van der Waals surface area (Å²) in [5.41, 5.74) is 4.40. The summed E-state index contributed by atoms with van der Waals surface area (Å²) in [4.78, 5) is 0. The molecular weight excluding hydrogens is 518 g/mol. The Morgan fingerprint density at radius 2 is 1.46 bits per heavy atom. The lowest BCUT2D eigenvalue weighted by Crippen LogP contribution is -2.13. The molecular formula is C22H26I2. The van der Waals surface area contributed by atoms with Gasteiger partial charge in [-0.2, -0.15) is 0 Å². The van der Waals surface area contributed by atoms with Gasteiger partial charge >= 0.3 is 0 Å². The summed E-state index contributed by atoms with van der Waals surface area (Å²) in [6.07, 6.45) is 9.46. The molecule has 0 N–H and O–H groups in total. The van der Waals surface area contributed by atoms with Crippen LogP contribution in [0.15, 0.2) is 42.5 Å². The minimum atomic E-state index is 0.797. The van der Waals surface area contributed by atoms with E-state index in [9.17, 15) is 0 Å². The molecule has 1 saturated carbocycles. The fourth-order valence-electron chi connectivity index (χ4n) is 4.05. The van der Waals surface area contributed by atoms with E-state index < -0.39 is 0 Å². The van der Waals surface area contributed by atoms with E-state index in [1.807, 2.05) is 0 Å². The van der Waals surface area contributed by atoms with E-state index in [0.29, 0.717) is 0 Å². The van der Waals surface area contributed by atoms with E-state index >= 15 is 0 Å². The Morgan fingerprint density at radius 3 is 2.04 bits per heavy atom. The van der Waals surface area contributed by atoms with Crippen LogP contribution in [0.1, 0.15) is 68.1 Å². The van der Waals surface area contributed by atoms with Gasteiger partial charge in [0.2, 0.25) is 0 Å². The molecule has 0 amide bonds. The molecule has 0 aliphatic heterocycles. The number of hydrogen-bond donors (Lipinski definition) is 0. The summed E-state index contributed by atoms with van der Waals surface area (Å²) in [5.74, 6) is 1.79. The Labute approximate surface area is 174 Å². The normalized spacial score (nSPS) is 21.0. The van der Waals surface area contributed by atoms with Crippen molar-refractivity contribution in [3.63, 3.8) is 0 Å².